The molecule has 0 fully saturated rings. The third kappa shape index (κ3) is 12.2. The molecule has 0 aromatic rings. The minimum Gasteiger partial charge on any atom is -0.515 e. The summed E-state index contributed by atoms with van der Waals surface area (Å²) in [5.41, 5.74) is -0.0556. The first-order valence-corrected chi connectivity index (χ1v) is 4.83. The summed E-state index contributed by atoms with van der Waals surface area (Å²) in [6.07, 6.45) is 3.71. The highest BCUT2D eigenvalue weighted by Crippen LogP contribution is 1.88. The first kappa shape index (κ1) is 16.6. The maximum Gasteiger partial charge on any atom is 0.334 e. The van der Waals surface area contributed by atoms with Crippen LogP contribution < -0.4 is 0 Å². The second kappa shape index (κ2) is 11.3. The molecule has 0 aromatic carbocycles. The van der Waals surface area contributed by atoms with Crippen molar-refractivity contribution in [3.05, 3.63) is 24.5 Å². The standard InChI is InChI=1S/C7H12O2.C4H6O3/c1-3-5-6-9-7(8)4-2;1-3(2-5)4(6)7/h4H,2-3,5-6H2,1H3;2,5H,1H3,(H,6,7). The van der Waals surface area contributed by atoms with Gasteiger partial charge in [0.2, 0.25) is 0 Å². The van der Waals surface area contributed by atoms with Crippen LogP contribution in [0.5, 0.6) is 0 Å². The molecule has 0 radical (unpaired) electrons. The second-order valence-electron chi connectivity index (χ2n) is 2.84. The normalized spacial score (nSPS) is 9.75. The molecule has 5 heteroatoms. The zero-order valence-corrected chi connectivity index (χ0v) is 9.60. The van der Waals surface area contributed by atoms with Crippen LogP contribution in [0.15, 0.2) is 24.5 Å². The van der Waals surface area contributed by atoms with E-state index in [9.17, 15) is 9.59 Å². The summed E-state index contributed by atoms with van der Waals surface area (Å²) in [5, 5.41) is 15.9. The van der Waals surface area contributed by atoms with Crippen molar-refractivity contribution in [2.45, 2.75) is 26.7 Å². The SMILES string of the molecule is C=CC(=O)OCCCC.CC(=CO)C(=O)O. The molecule has 0 spiro atoms. The first-order valence-electron chi connectivity index (χ1n) is 4.83. The Bertz CT molecular complexity index is 255. The van der Waals surface area contributed by atoms with Crippen molar-refractivity contribution in [2.75, 3.05) is 6.61 Å². The molecular formula is C11H18O5. The largest absolute Gasteiger partial charge is 0.515 e. The van der Waals surface area contributed by atoms with Crippen molar-refractivity contribution in [2.24, 2.45) is 0 Å². The molecule has 0 aromatic heterocycles. The Morgan fingerprint density at radius 2 is 2.00 bits per heavy atom. The van der Waals surface area contributed by atoms with Gasteiger partial charge in [-0.1, -0.05) is 19.9 Å². The Morgan fingerprint density at radius 1 is 1.44 bits per heavy atom. The number of hydrogen-bond donors (Lipinski definition) is 2. The molecule has 0 amide bonds. The lowest BCUT2D eigenvalue weighted by Gasteiger charge is -1.97. The van der Waals surface area contributed by atoms with E-state index in [1.165, 1.54) is 13.0 Å². The lowest BCUT2D eigenvalue weighted by atomic mass is 10.4. The number of esters is 1. The van der Waals surface area contributed by atoms with Gasteiger partial charge in [0.15, 0.2) is 0 Å². The van der Waals surface area contributed by atoms with E-state index in [0.29, 0.717) is 12.9 Å². The minimum atomic E-state index is -1.09. The van der Waals surface area contributed by atoms with Gasteiger partial charge in [-0.05, 0) is 13.3 Å². The highest BCUT2D eigenvalue weighted by atomic mass is 16.5. The average Bonchev–Trinajstić information content (AvgIpc) is 2.28. The molecule has 0 saturated carbocycles. The van der Waals surface area contributed by atoms with E-state index in [2.05, 4.69) is 11.3 Å². The zero-order chi connectivity index (χ0) is 13.0. The second-order valence-corrected chi connectivity index (χ2v) is 2.84. The number of hydrogen-bond acceptors (Lipinski definition) is 4. The van der Waals surface area contributed by atoms with Crippen molar-refractivity contribution in [1.29, 1.82) is 0 Å². The van der Waals surface area contributed by atoms with E-state index in [1.54, 1.807) is 0 Å². The topological polar surface area (TPSA) is 83.8 Å². The van der Waals surface area contributed by atoms with Crippen molar-refractivity contribution in [1.82, 2.24) is 0 Å². The number of carbonyl (C=O) groups excluding carboxylic acids is 1. The number of ether oxygens (including phenoxy) is 1. The van der Waals surface area contributed by atoms with Gasteiger partial charge in [0.25, 0.3) is 0 Å². The number of carbonyl (C=O) groups is 2. The van der Waals surface area contributed by atoms with Crippen LogP contribution in [0.3, 0.4) is 0 Å². The number of carboxylic acids is 1. The van der Waals surface area contributed by atoms with E-state index < -0.39 is 5.97 Å². The highest BCUT2D eigenvalue weighted by Gasteiger charge is 1.95. The molecule has 0 heterocycles. The van der Waals surface area contributed by atoms with Crippen molar-refractivity contribution in [3.8, 4) is 0 Å². The number of aliphatic carboxylic acids is 1. The van der Waals surface area contributed by atoms with E-state index in [4.69, 9.17) is 10.2 Å². The summed E-state index contributed by atoms with van der Waals surface area (Å²) in [6, 6.07) is 0. The van der Waals surface area contributed by atoms with Crippen molar-refractivity contribution < 1.29 is 24.5 Å². The summed E-state index contributed by atoms with van der Waals surface area (Å²) in [4.78, 5) is 20.0. The van der Waals surface area contributed by atoms with E-state index in [1.807, 2.05) is 6.92 Å². The fourth-order valence-corrected chi connectivity index (χ4v) is 0.431. The Hall–Kier alpha value is -1.78. The Labute approximate surface area is 95.0 Å². The fourth-order valence-electron chi connectivity index (χ4n) is 0.431. The molecule has 92 valence electrons. The molecule has 0 rings (SSSR count). The molecule has 0 aliphatic heterocycles. The fraction of sp³-hybridized carbons (Fsp3) is 0.455. The first-order chi connectivity index (χ1) is 7.49. The summed E-state index contributed by atoms with van der Waals surface area (Å²) in [7, 11) is 0. The van der Waals surface area contributed by atoms with Crippen LogP contribution in [0.1, 0.15) is 26.7 Å². The van der Waals surface area contributed by atoms with Gasteiger partial charge in [0, 0.05) is 6.08 Å². The monoisotopic (exact) mass is 230 g/mol. The van der Waals surface area contributed by atoms with E-state index in [-0.39, 0.29) is 11.5 Å². The Kier molecular flexibility index (Phi) is 11.7. The van der Waals surface area contributed by atoms with Crippen molar-refractivity contribution in [3.63, 3.8) is 0 Å². The van der Waals surface area contributed by atoms with Gasteiger partial charge in [-0.15, -0.1) is 0 Å². The smallest absolute Gasteiger partial charge is 0.334 e. The van der Waals surface area contributed by atoms with Gasteiger partial charge in [0.1, 0.15) is 0 Å². The molecule has 0 aliphatic carbocycles. The van der Waals surface area contributed by atoms with Gasteiger partial charge in [-0.3, -0.25) is 0 Å². The Balaban J connectivity index is 0. The number of unbranched alkanes of at least 4 members (excludes halogenated alkanes) is 1. The molecule has 0 bridgehead atoms. The maximum absolute atomic E-state index is 10.3. The zero-order valence-electron chi connectivity index (χ0n) is 9.60. The molecule has 5 nitrogen and oxygen atoms in total. The summed E-state index contributed by atoms with van der Waals surface area (Å²) in [5.74, 6) is -1.43. The third-order valence-corrected chi connectivity index (χ3v) is 1.44. The number of aliphatic hydroxyl groups is 1. The highest BCUT2D eigenvalue weighted by molar-refractivity contribution is 5.85. The maximum atomic E-state index is 10.3. The quantitative estimate of drug-likeness (QED) is 0.327. The van der Waals surface area contributed by atoms with Crippen LogP contribution in [0, 0.1) is 0 Å². The summed E-state index contributed by atoms with van der Waals surface area (Å²) in [6.45, 7) is 7.13. The van der Waals surface area contributed by atoms with Gasteiger partial charge in [-0.2, -0.15) is 0 Å². The van der Waals surface area contributed by atoms with Crippen LogP contribution >= 0.6 is 0 Å². The van der Waals surface area contributed by atoms with Crippen LogP contribution in [-0.2, 0) is 14.3 Å². The average molecular weight is 230 g/mol. The van der Waals surface area contributed by atoms with E-state index >= 15 is 0 Å². The van der Waals surface area contributed by atoms with Crippen LogP contribution in [-0.4, -0.2) is 28.8 Å². The van der Waals surface area contributed by atoms with E-state index in [0.717, 1.165) is 12.8 Å². The summed E-state index contributed by atoms with van der Waals surface area (Å²) < 4.78 is 4.67. The van der Waals surface area contributed by atoms with Gasteiger partial charge in [0.05, 0.1) is 18.4 Å². The van der Waals surface area contributed by atoms with Gasteiger partial charge < -0.3 is 14.9 Å². The number of rotatable bonds is 5. The van der Waals surface area contributed by atoms with Crippen molar-refractivity contribution >= 4 is 11.9 Å². The molecule has 0 unspecified atom stereocenters. The molecule has 2 N–H and O–H groups in total. The number of aliphatic hydroxyl groups excluding tert-OH is 1. The molecule has 0 atom stereocenters. The third-order valence-electron chi connectivity index (χ3n) is 1.44. The lowest BCUT2D eigenvalue weighted by Crippen LogP contribution is -2.00. The molecule has 0 aliphatic rings. The predicted octanol–water partition coefficient (Wildman–Crippen LogP) is 2.05. The van der Waals surface area contributed by atoms with Gasteiger partial charge >= 0.3 is 11.9 Å². The lowest BCUT2D eigenvalue weighted by molar-refractivity contribution is -0.138. The molecular weight excluding hydrogens is 212 g/mol. The minimum absolute atomic E-state index is 0.0556. The predicted molar refractivity (Wildman–Crippen MR) is 60.1 cm³/mol. The van der Waals surface area contributed by atoms with Crippen LogP contribution in [0.2, 0.25) is 0 Å². The molecule has 16 heavy (non-hydrogen) atoms. The molecule has 0 saturated heterocycles. The van der Waals surface area contributed by atoms with Gasteiger partial charge in [-0.25, -0.2) is 9.59 Å². The Morgan fingerprint density at radius 3 is 2.25 bits per heavy atom. The summed E-state index contributed by atoms with van der Waals surface area (Å²) >= 11 is 0. The van der Waals surface area contributed by atoms with Crippen LogP contribution in [0.25, 0.3) is 0 Å². The number of carboxylic acid groups (broad SMARTS) is 1. The van der Waals surface area contributed by atoms with Crippen LogP contribution in [0.4, 0.5) is 0 Å².